The standard InChI is InChI=1S/C14H29N3O2/c1-11(9-15-13(18)19-14(2,3)4)16-12-7-6-8-17(5)10-12/h11-12,16H,6-10H2,1-5H3,(H,15,18). The number of carbonyl (C=O) groups is 1. The summed E-state index contributed by atoms with van der Waals surface area (Å²) >= 11 is 0. The first-order valence-corrected chi connectivity index (χ1v) is 7.18. The number of carbonyl (C=O) groups excluding carboxylic acids is 1. The lowest BCUT2D eigenvalue weighted by molar-refractivity contribution is 0.0521. The monoisotopic (exact) mass is 271 g/mol. The fraction of sp³-hybridized carbons (Fsp3) is 0.929. The number of nitrogens with zero attached hydrogens (tertiary/aromatic N) is 1. The Bertz CT molecular complexity index is 289. The Morgan fingerprint density at radius 1 is 1.47 bits per heavy atom. The fourth-order valence-electron chi connectivity index (χ4n) is 2.31. The smallest absolute Gasteiger partial charge is 0.407 e. The van der Waals surface area contributed by atoms with Gasteiger partial charge >= 0.3 is 6.09 Å². The number of likely N-dealkylation sites (tertiary alicyclic amines) is 1. The summed E-state index contributed by atoms with van der Waals surface area (Å²) in [5.41, 5.74) is -0.438. The van der Waals surface area contributed by atoms with E-state index in [-0.39, 0.29) is 12.1 Å². The highest BCUT2D eigenvalue weighted by Crippen LogP contribution is 2.09. The van der Waals surface area contributed by atoms with E-state index in [1.54, 1.807) is 0 Å². The van der Waals surface area contributed by atoms with Gasteiger partial charge in [0.2, 0.25) is 0 Å². The molecular formula is C14H29N3O2. The molecule has 2 N–H and O–H groups in total. The zero-order valence-electron chi connectivity index (χ0n) is 13.0. The predicted molar refractivity (Wildman–Crippen MR) is 77.4 cm³/mol. The van der Waals surface area contributed by atoms with Gasteiger partial charge in [-0.25, -0.2) is 4.79 Å². The minimum atomic E-state index is -0.438. The average Bonchev–Trinajstić information content (AvgIpc) is 2.24. The fourth-order valence-corrected chi connectivity index (χ4v) is 2.31. The van der Waals surface area contributed by atoms with E-state index >= 15 is 0 Å². The summed E-state index contributed by atoms with van der Waals surface area (Å²) in [5, 5.41) is 6.36. The van der Waals surface area contributed by atoms with Gasteiger partial charge in [0.1, 0.15) is 5.60 Å². The van der Waals surface area contributed by atoms with Crippen LogP contribution in [0.3, 0.4) is 0 Å². The first-order chi connectivity index (χ1) is 8.76. The maximum atomic E-state index is 11.5. The van der Waals surface area contributed by atoms with E-state index in [0.29, 0.717) is 12.6 Å². The van der Waals surface area contributed by atoms with Crippen LogP contribution in [-0.2, 0) is 4.74 Å². The van der Waals surface area contributed by atoms with Crippen molar-refractivity contribution in [2.75, 3.05) is 26.7 Å². The highest BCUT2D eigenvalue weighted by Gasteiger charge is 2.20. The Labute approximate surface area is 117 Å². The lowest BCUT2D eigenvalue weighted by atomic mass is 10.1. The Kier molecular flexibility index (Phi) is 6.07. The highest BCUT2D eigenvalue weighted by molar-refractivity contribution is 5.67. The van der Waals surface area contributed by atoms with Crippen LogP contribution in [0.1, 0.15) is 40.5 Å². The van der Waals surface area contributed by atoms with Crippen molar-refractivity contribution in [3.8, 4) is 0 Å². The summed E-state index contributed by atoms with van der Waals surface area (Å²) < 4.78 is 5.21. The maximum Gasteiger partial charge on any atom is 0.407 e. The van der Waals surface area contributed by atoms with Gasteiger partial charge in [0.05, 0.1) is 0 Å². The first-order valence-electron chi connectivity index (χ1n) is 7.18. The molecule has 1 rings (SSSR count). The Morgan fingerprint density at radius 2 is 2.16 bits per heavy atom. The van der Waals surface area contributed by atoms with E-state index in [9.17, 15) is 4.79 Å². The summed E-state index contributed by atoms with van der Waals surface area (Å²) in [5.74, 6) is 0. The van der Waals surface area contributed by atoms with Crippen molar-refractivity contribution >= 4 is 6.09 Å². The van der Waals surface area contributed by atoms with Gasteiger partial charge in [0.15, 0.2) is 0 Å². The third-order valence-corrected chi connectivity index (χ3v) is 3.10. The Hall–Kier alpha value is -0.810. The zero-order chi connectivity index (χ0) is 14.5. The van der Waals surface area contributed by atoms with Crippen molar-refractivity contribution in [1.82, 2.24) is 15.5 Å². The zero-order valence-corrected chi connectivity index (χ0v) is 13.0. The van der Waals surface area contributed by atoms with Crippen LogP contribution in [0.15, 0.2) is 0 Å². The van der Waals surface area contributed by atoms with E-state index in [0.717, 1.165) is 6.54 Å². The van der Waals surface area contributed by atoms with Gasteiger partial charge in [0.25, 0.3) is 0 Å². The second kappa shape index (κ2) is 7.10. The number of hydrogen-bond donors (Lipinski definition) is 2. The molecule has 0 aromatic carbocycles. The lowest BCUT2D eigenvalue weighted by Crippen LogP contribution is -2.50. The Morgan fingerprint density at radius 3 is 2.74 bits per heavy atom. The third-order valence-electron chi connectivity index (χ3n) is 3.10. The molecule has 112 valence electrons. The molecule has 0 spiro atoms. The summed E-state index contributed by atoms with van der Waals surface area (Å²) in [6, 6.07) is 0.776. The largest absolute Gasteiger partial charge is 0.444 e. The number of hydrogen-bond acceptors (Lipinski definition) is 4. The predicted octanol–water partition coefficient (Wildman–Crippen LogP) is 1.58. The molecule has 1 aliphatic rings. The van der Waals surface area contributed by atoms with Crippen molar-refractivity contribution in [3.63, 3.8) is 0 Å². The maximum absolute atomic E-state index is 11.5. The second-order valence-corrected chi connectivity index (χ2v) is 6.55. The van der Waals surface area contributed by atoms with E-state index in [1.165, 1.54) is 19.4 Å². The van der Waals surface area contributed by atoms with Gasteiger partial charge in [-0.1, -0.05) is 0 Å². The number of piperidine rings is 1. The highest BCUT2D eigenvalue weighted by atomic mass is 16.6. The molecular weight excluding hydrogens is 242 g/mol. The number of rotatable bonds is 4. The molecule has 2 atom stereocenters. The quantitative estimate of drug-likeness (QED) is 0.815. The van der Waals surface area contributed by atoms with Crippen LogP contribution in [0.4, 0.5) is 4.79 Å². The first kappa shape index (κ1) is 16.2. The molecule has 0 bridgehead atoms. The topological polar surface area (TPSA) is 53.6 Å². The SMILES string of the molecule is CC(CNC(=O)OC(C)(C)C)NC1CCCN(C)C1. The number of ether oxygens (including phenoxy) is 1. The van der Waals surface area contributed by atoms with E-state index in [1.807, 2.05) is 20.8 Å². The molecule has 0 aliphatic carbocycles. The van der Waals surface area contributed by atoms with Crippen LogP contribution >= 0.6 is 0 Å². The van der Waals surface area contributed by atoms with Crippen LogP contribution < -0.4 is 10.6 Å². The van der Waals surface area contributed by atoms with Crippen molar-refractivity contribution in [1.29, 1.82) is 0 Å². The van der Waals surface area contributed by atoms with Crippen molar-refractivity contribution in [3.05, 3.63) is 0 Å². The van der Waals surface area contributed by atoms with Crippen LogP contribution in [-0.4, -0.2) is 55.4 Å². The summed E-state index contributed by atoms with van der Waals surface area (Å²) in [6.45, 7) is 10.5. The minimum absolute atomic E-state index is 0.254. The molecule has 1 heterocycles. The molecule has 0 aromatic heterocycles. The van der Waals surface area contributed by atoms with Crippen LogP contribution in [0.2, 0.25) is 0 Å². The molecule has 1 aliphatic heterocycles. The third kappa shape index (κ3) is 7.38. The minimum Gasteiger partial charge on any atom is -0.444 e. The number of amides is 1. The van der Waals surface area contributed by atoms with E-state index in [2.05, 4.69) is 29.5 Å². The van der Waals surface area contributed by atoms with Gasteiger partial charge < -0.3 is 20.3 Å². The number of nitrogens with one attached hydrogen (secondary N) is 2. The van der Waals surface area contributed by atoms with Gasteiger partial charge in [-0.3, -0.25) is 0 Å². The average molecular weight is 271 g/mol. The number of likely N-dealkylation sites (N-methyl/N-ethyl adjacent to an activating group) is 1. The second-order valence-electron chi connectivity index (χ2n) is 6.55. The molecule has 1 fully saturated rings. The van der Waals surface area contributed by atoms with Crippen molar-refractivity contribution < 1.29 is 9.53 Å². The van der Waals surface area contributed by atoms with Gasteiger partial charge in [0, 0.05) is 25.2 Å². The van der Waals surface area contributed by atoms with E-state index < -0.39 is 5.60 Å². The van der Waals surface area contributed by atoms with Crippen LogP contribution in [0, 0.1) is 0 Å². The molecule has 19 heavy (non-hydrogen) atoms. The molecule has 1 amide bonds. The van der Waals surface area contributed by atoms with Crippen molar-refractivity contribution in [2.45, 2.75) is 58.2 Å². The number of alkyl carbamates (subject to hydrolysis) is 1. The summed E-state index contributed by atoms with van der Waals surface area (Å²) in [6.07, 6.45) is 2.10. The summed E-state index contributed by atoms with van der Waals surface area (Å²) in [7, 11) is 2.15. The molecule has 0 saturated carbocycles. The lowest BCUT2D eigenvalue weighted by Gasteiger charge is -2.32. The van der Waals surface area contributed by atoms with Gasteiger partial charge in [-0.2, -0.15) is 0 Å². The summed E-state index contributed by atoms with van der Waals surface area (Å²) in [4.78, 5) is 13.9. The van der Waals surface area contributed by atoms with Crippen molar-refractivity contribution in [2.24, 2.45) is 0 Å². The molecule has 5 heteroatoms. The molecule has 5 nitrogen and oxygen atoms in total. The molecule has 0 aromatic rings. The Balaban J connectivity index is 2.20. The molecule has 2 unspecified atom stereocenters. The molecule has 0 radical (unpaired) electrons. The van der Waals surface area contributed by atoms with E-state index in [4.69, 9.17) is 4.74 Å². The van der Waals surface area contributed by atoms with Crippen LogP contribution in [0.25, 0.3) is 0 Å². The van der Waals surface area contributed by atoms with Gasteiger partial charge in [-0.05, 0) is 54.1 Å². The normalized spacial score (nSPS) is 22.9. The molecule has 1 saturated heterocycles. The van der Waals surface area contributed by atoms with Crippen LogP contribution in [0.5, 0.6) is 0 Å². The van der Waals surface area contributed by atoms with Gasteiger partial charge in [-0.15, -0.1) is 0 Å².